The fourth-order valence-corrected chi connectivity index (χ4v) is 4.82. The summed E-state index contributed by atoms with van der Waals surface area (Å²) in [5, 5.41) is 2.87. The van der Waals surface area contributed by atoms with E-state index in [1.54, 1.807) is 0 Å². The Hall–Kier alpha value is -4.80. The van der Waals surface area contributed by atoms with Crippen molar-refractivity contribution in [2.45, 2.75) is 0 Å². The highest BCUT2D eigenvalue weighted by molar-refractivity contribution is 6.30. The van der Waals surface area contributed by atoms with E-state index in [-0.39, 0.29) is 0 Å². The highest BCUT2D eigenvalue weighted by atomic mass is 35.5. The van der Waals surface area contributed by atoms with E-state index in [4.69, 9.17) is 31.0 Å². The van der Waals surface area contributed by atoms with Gasteiger partial charge in [-0.05, 0) is 47.5 Å². The van der Waals surface area contributed by atoms with Crippen LogP contribution in [0.3, 0.4) is 0 Å². The Kier molecular flexibility index (Phi) is 5.46. The number of hydrogen-bond acceptors (Lipinski definition) is 4. The summed E-state index contributed by atoms with van der Waals surface area (Å²) < 4.78 is 6.14. The van der Waals surface area contributed by atoms with Crippen molar-refractivity contribution in [2.75, 3.05) is 0 Å². The van der Waals surface area contributed by atoms with E-state index in [1.807, 2.05) is 97.1 Å². The van der Waals surface area contributed by atoms with Crippen molar-refractivity contribution in [1.29, 1.82) is 0 Å². The van der Waals surface area contributed by atoms with Gasteiger partial charge in [0.05, 0.1) is 0 Å². The molecule has 0 unspecified atom stereocenters. The third-order valence-electron chi connectivity index (χ3n) is 6.60. The first-order chi connectivity index (χ1) is 18.7. The van der Waals surface area contributed by atoms with Gasteiger partial charge in [-0.15, -0.1) is 0 Å². The van der Waals surface area contributed by atoms with Crippen LogP contribution in [0, 0.1) is 0 Å². The third kappa shape index (κ3) is 4.11. The minimum absolute atomic E-state index is 0.591. The molecule has 0 saturated heterocycles. The number of rotatable bonds is 4. The smallest absolute Gasteiger partial charge is 0.164 e. The standard InChI is InChI=1S/C33H20ClN3O/c34-26-16-13-21(14-17-26)23-9-6-10-24(19-23)32-35-31(22-7-2-1-3-8-22)36-33(37-32)25-15-18-28-27-11-4-5-12-29(27)38-30(28)20-25/h1-20H. The zero-order valence-corrected chi connectivity index (χ0v) is 20.9. The molecule has 0 fully saturated rings. The van der Waals surface area contributed by atoms with Crippen LogP contribution in [-0.2, 0) is 0 Å². The number of hydrogen-bond donors (Lipinski definition) is 0. The molecule has 0 amide bonds. The van der Waals surface area contributed by atoms with E-state index in [0.717, 1.165) is 49.8 Å². The minimum atomic E-state index is 0.591. The zero-order chi connectivity index (χ0) is 25.5. The van der Waals surface area contributed by atoms with Crippen molar-refractivity contribution in [2.24, 2.45) is 0 Å². The quantitative estimate of drug-likeness (QED) is 0.237. The van der Waals surface area contributed by atoms with Gasteiger partial charge in [0.1, 0.15) is 11.2 Å². The zero-order valence-electron chi connectivity index (χ0n) is 20.2. The summed E-state index contributed by atoms with van der Waals surface area (Å²) in [7, 11) is 0. The molecule has 5 heteroatoms. The first kappa shape index (κ1) is 22.4. The van der Waals surface area contributed by atoms with Gasteiger partial charge < -0.3 is 4.42 Å². The summed E-state index contributed by atoms with van der Waals surface area (Å²) in [6.45, 7) is 0. The summed E-state index contributed by atoms with van der Waals surface area (Å²) >= 11 is 6.10. The predicted octanol–water partition coefficient (Wildman–Crippen LogP) is 9.09. The monoisotopic (exact) mass is 509 g/mol. The van der Waals surface area contributed by atoms with Crippen molar-refractivity contribution in [3.63, 3.8) is 0 Å². The minimum Gasteiger partial charge on any atom is -0.456 e. The second-order valence-electron chi connectivity index (χ2n) is 9.07. The molecule has 38 heavy (non-hydrogen) atoms. The molecule has 0 spiro atoms. The van der Waals surface area contributed by atoms with Gasteiger partial charge >= 0.3 is 0 Å². The molecule has 2 aromatic heterocycles. The molecule has 0 radical (unpaired) electrons. The number of furan rings is 1. The Bertz CT molecular complexity index is 1930. The number of nitrogens with zero attached hydrogens (tertiary/aromatic N) is 3. The Balaban J connectivity index is 1.39. The van der Waals surface area contributed by atoms with Crippen LogP contribution in [0.5, 0.6) is 0 Å². The Morgan fingerprint density at radius 3 is 1.79 bits per heavy atom. The van der Waals surface area contributed by atoms with Gasteiger partial charge in [0.2, 0.25) is 0 Å². The van der Waals surface area contributed by atoms with Crippen LogP contribution in [0.2, 0.25) is 5.02 Å². The topological polar surface area (TPSA) is 51.8 Å². The van der Waals surface area contributed by atoms with Gasteiger partial charge in [-0.1, -0.05) is 96.5 Å². The fourth-order valence-electron chi connectivity index (χ4n) is 4.70. The van der Waals surface area contributed by atoms with E-state index in [1.165, 1.54) is 0 Å². The van der Waals surface area contributed by atoms with Crippen LogP contribution in [0.15, 0.2) is 126 Å². The summed E-state index contributed by atoms with van der Waals surface area (Å²) in [5.74, 6) is 1.81. The molecular formula is C33H20ClN3O. The molecule has 2 heterocycles. The van der Waals surface area contributed by atoms with E-state index in [2.05, 4.69) is 24.3 Å². The number of para-hydroxylation sites is 1. The first-order valence-corrected chi connectivity index (χ1v) is 12.7. The van der Waals surface area contributed by atoms with E-state index >= 15 is 0 Å². The van der Waals surface area contributed by atoms with Gasteiger partial charge in [-0.25, -0.2) is 15.0 Å². The molecule has 7 rings (SSSR count). The van der Waals surface area contributed by atoms with E-state index in [0.29, 0.717) is 22.5 Å². The predicted molar refractivity (Wildman–Crippen MR) is 154 cm³/mol. The molecule has 0 N–H and O–H groups in total. The number of halogens is 1. The molecule has 4 nitrogen and oxygen atoms in total. The van der Waals surface area contributed by atoms with Crippen LogP contribution in [0.4, 0.5) is 0 Å². The second kappa shape index (κ2) is 9.25. The average Bonchev–Trinajstić information content (AvgIpc) is 3.36. The van der Waals surface area contributed by atoms with Gasteiger partial charge in [0, 0.05) is 32.5 Å². The summed E-state index contributed by atoms with van der Waals surface area (Å²) in [4.78, 5) is 14.7. The maximum atomic E-state index is 6.14. The lowest BCUT2D eigenvalue weighted by molar-refractivity contribution is 0.669. The van der Waals surface area contributed by atoms with Crippen LogP contribution in [0.1, 0.15) is 0 Å². The van der Waals surface area contributed by atoms with Crippen molar-refractivity contribution in [3.8, 4) is 45.3 Å². The number of fused-ring (bicyclic) bond motifs is 3. The lowest BCUT2D eigenvalue weighted by Gasteiger charge is -2.10. The van der Waals surface area contributed by atoms with E-state index < -0.39 is 0 Å². The van der Waals surface area contributed by atoms with E-state index in [9.17, 15) is 0 Å². The molecule has 0 bridgehead atoms. The molecule has 5 aromatic carbocycles. The Labute approximate surface area is 224 Å². The van der Waals surface area contributed by atoms with Crippen LogP contribution < -0.4 is 0 Å². The summed E-state index contributed by atoms with van der Waals surface area (Å²) in [6.07, 6.45) is 0. The number of benzene rings is 5. The van der Waals surface area contributed by atoms with Crippen molar-refractivity contribution >= 4 is 33.5 Å². The lowest BCUT2D eigenvalue weighted by Crippen LogP contribution is -2.00. The van der Waals surface area contributed by atoms with Crippen molar-refractivity contribution in [3.05, 3.63) is 126 Å². The molecule has 0 saturated carbocycles. The van der Waals surface area contributed by atoms with Gasteiger partial charge in [-0.2, -0.15) is 0 Å². The third-order valence-corrected chi connectivity index (χ3v) is 6.85. The highest BCUT2D eigenvalue weighted by Gasteiger charge is 2.15. The van der Waals surface area contributed by atoms with Crippen LogP contribution in [-0.4, -0.2) is 15.0 Å². The normalized spacial score (nSPS) is 11.3. The average molecular weight is 510 g/mol. The Morgan fingerprint density at radius 1 is 0.421 bits per heavy atom. The molecular weight excluding hydrogens is 490 g/mol. The van der Waals surface area contributed by atoms with Gasteiger partial charge in [0.25, 0.3) is 0 Å². The molecule has 0 aliphatic heterocycles. The molecule has 7 aromatic rings. The van der Waals surface area contributed by atoms with Gasteiger partial charge in [-0.3, -0.25) is 0 Å². The summed E-state index contributed by atoms with van der Waals surface area (Å²) in [5.41, 5.74) is 6.50. The molecule has 180 valence electrons. The lowest BCUT2D eigenvalue weighted by atomic mass is 10.0. The molecule has 0 aliphatic carbocycles. The first-order valence-electron chi connectivity index (χ1n) is 12.3. The summed E-state index contributed by atoms with van der Waals surface area (Å²) in [6, 6.07) is 40.2. The fraction of sp³-hybridized carbons (Fsp3) is 0. The molecule has 0 aliphatic rings. The molecule has 0 atom stereocenters. The Morgan fingerprint density at radius 2 is 1.00 bits per heavy atom. The largest absolute Gasteiger partial charge is 0.456 e. The highest BCUT2D eigenvalue weighted by Crippen LogP contribution is 2.33. The maximum absolute atomic E-state index is 6.14. The van der Waals surface area contributed by atoms with Crippen molar-refractivity contribution < 1.29 is 4.42 Å². The van der Waals surface area contributed by atoms with Crippen molar-refractivity contribution in [1.82, 2.24) is 15.0 Å². The maximum Gasteiger partial charge on any atom is 0.164 e. The van der Waals surface area contributed by atoms with Crippen LogP contribution >= 0.6 is 11.6 Å². The van der Waals surface area contributed by atoms with Crippen LogP contribution in [0.25, 0.3) is 67.2 Å². The second-order valence-corrected chi connectivity index (χ2v) is 9.51. The number of aromatic nitrogens is 3. The SMILES string of the molecule is Clc1ccc(-c2cccc(-c3nc(-c4ccccc4)nc(-c4ccc5c(c4)oc4ccccc45)n3)c2)cc1. The van der Waals surface area contributed by atoms with Gasteiger partial charge in [0.15, 0.2) is 17.5 Å².